The van der Waals surface area contributed by atoms with E-state index < -0.39 is 83.1 Å². The summed E-state index contributed by atoms with van der Waals surface area (Å²) in [6, 6.07) is -0.115. The van der Waals surface area contributed by atoms with Crippen molar-refractivity contribution in [3.05, 3.63) is 48.5 Å². The lowest BCUT2D eigenvalue weighted by molar-refractivity contribution is -0.274. The zero-order chi connectivity index (χ0) is 42.2. The maximum atomic E-state index is 14.8. The highest BCUT2D eigenvalue weighted by Gasteiger charge is 2.47. The zero-order valence-corrected chi connectivity index (χ0v) is 33.1. The van der Waals surface area contributed by atoms with Gasteiger partial charge in [0.1, 0.15) is 41.4 Å². The fourth-order valence-electron chi connectivity index (χ4n) is 7.30. The third-order valence-corrected chi connectivity index (χ3v) is 10.4. The normalized spacial score (nSPS) is 20.2. The van der Waals surface area contributed by atoms with Crippen molar-refractivity contribution in [2.45, 2.75) is 135 Å². The first-order valence-corrected chi connectivity index (χ1v) is 19.8. The van der Waals surface area contributed by atoms with E-state index >= 15 is 0 Å². The quantitative estimate of drug-likeness (QED) is 0.181. The van der Waals surface area contributed by atoms with Crippen LogP contribution < -0.4 is 30.7 Å². The molecule has 1 aromatic heterocycles. The highest BCUT2D eigenvalue weighted by atomic mass is 19.4. The second-order valence-corrected chi connectivity index (χ2v) is 16.2. The van der Waals surface area contributed by atoms with Gasteiger partial charge in [-0.25, -0.2) is 4.98 Å². The summed E-state index contributed by atoms with van der Waals surface area (Å²) in [5.41, 5.74) is -0.918. The van der Waals surface area contributed by atoms with Crippen LogP contribution in [0.15, 0.2) is 42.9 Å². The number of carbonyl (C=O) groups excluding carboxylic acids is 6. The zero-order valence-electron chi connectivity index (χ0n) is 33.1. The smallest absolute Gasteiger partial charge is 0.488 e. The number of nitrogens with one attached hydrogen (secondary N) is 4. The van der Waals surface area contributed by atoms with Gasteiger partial charge in [-0.05, 0) is 67.7 Å². The number of alkyl halides is 3. The predicted octanol–water partition coefficient (Wildman–Crippen LogP) is 3.77. The number of hydrogen-bond acceptors (Lipinski definition) is 10. The molecule has 2 aliphatic carbocycles. The number of hydrogen-bond donors (Lipinski definition) is 4. The van der Waals surface area contributed by atoms with Crippen LogP contribution in [0.4, 0.5) is 13.2 Å². The van der Waals surface area contributed by atoms with Crippen LogP contribution in [-0.2, 0) is 24.0 Å². The largest absolute Gasteiger partial charge is 0.573 e. The molecule has 2 heterocycles. The van der Waals surface area contributed by atoms with E-state index in [0.29, 0.717) is 19.3 Å². The first-order chi connectivity index (χ1) is 27.4. The van der Waals surface area contributed by atoms with Crippen LogP contribution >= 0.6 is 0 Å². The summed E-state index contributed by atoms with van der Waals surface area (Å²) in [6.07, 6.45) is 4.34. The Hall–Kier alpha value is -5.29. The van der Waals surface area contributed by atoms with Crippen LogP contribution in [0.3, 0.4) is 0 Å². The van der Waals surface area contributed by atoms with Crippen LogP contribution in [0.1, 0.15) is 102 Å². The molecule has 0 spiro atoms. The number of aromatic nitrogens is 2. The van der Waals surface area contributed by atoms with Gasteiger partial charge in [0.2, 0.25) is 23.5 Å². The molecule has 3 fully saturated rings. The summed E-state index contributed by atoms with van der Waals surface area (Å²) >= 11 is 0. The second-order valence-electron chi connectivity index (χ2n) is 16.2. The Balaban J connectivity index is 1.40. The lowest BCUT2D eigenvalue weighted by Gasteiger charge is -2.37. The Morgan fingerprint density at radius 2 is 1.57 bits per heavy atom. The molecular formula is C40H52F3N7O8. The molecule has 18 heteroatoms. The lowest BCUT2D eigenvalue weighted by atomic mass is 9.82. The minimum absolute atomic E-state index is 0.0175. The average Bonchev–Trinajstić information content (AvgIpc) is 3.90. The number of benzene rings is 1. The van der Waals surface area contributed by atoms with Crippen LogP contribution in [0, 0.1) is 11.3 Å². The number of rotatable bonds is 16. The molecule has 5 atom stereocenters. The number of ketones is 1. The number of Topliss-reactive ketones (excluding diaryl/α,β-unsaturated/α-hetero) is 1. The minimum Gasteiger partial charge on any atom is -0.488 e. The van der Waals surface area contributed by atoms with E-state index in [9.17, 15) is 41.9 Å². The SMILES string of the molecule is CCC[C@H](NC(=O)[C@@H]1C[C@@H](Oc2ccc(OC(F)(F)F)cc2)CN1C(=O)[C@@H](NC(=O)[C@@H](NC(=O)c1cnccn1)C1CCCCC1)C(C)(C)C)C(=O)C(=O)NC1CC1. The summed E-state index contributed by atoms with van der Waals surface area (Å²) in [6.45, 7) is 6.83. The molecule has 2 saturated carbocycles. The van der Waals surface area contributed by atoms with E-state index in [1.165, 1.54) is 35.6 Å². The molecule has 5 rings (SSSR count). The summed E-state index contributed by atoms with van der Waals surface area (Å²) in [4.78, 5) is 91.6. The average molecular weight is 816 g/mol. The van der Waals surface area contributed by atoms with E-state index in [1.54, 1.807) is 27.7 Å². The molecule has 1 aliphatic heterocycles. The van der Waals surface area contributed by atoms with Crippen molar-refractivity contribution < 1.29 is 51.4 Å². The number of carbonyl (C=O) groups is 6. The fourth-order valence-corrected chi connectivity index (χ4v) is 7.30. The highest BCUT2D eigenvalue weighted by Crippen LogP contribution is 2.32. The molecule has 0 unspecified atom stereocenters. The molecule has 1 aromatic carbocycles. The van der Waals surface area contributed by atoms with Crippen molar-refractivity contribution in [3.8, 4) is 11.5 Å². The Kier molecular flexibility index (Phi) is 14.3. The maximum absolute atomic E-state index is 14.8. The van der Waals surface area contributed by atoms with E-state index in [0.717, 1.165) is 44.2 Å². The number of nitrogens with zero attached hydrogens (tertiary/aromatic N) is 3. The minimum atomic E-state index is -4.90. The van der Waals surface area contributed by atoms with Crippen LogP contribution in [0.2, 0.25) is 0 Å². The lowest BCUT2D eigenvalue weighted by Crippen LogP contribution is -2.62. The molecule has 1 saturated heterocycles. The van der Waals surface area contributed by atoms with Crippen molar-refractivity contribution in [2.75, 3.05) is 6.54 Å². The van der Waals surface area contributed by atoms with E-state index in [4.69, 9.17) is 4.74 Å². The monoisotopic (exact) mass is 815 g/mol. The molecule has 0 radical (unpaired) electrons. The number of halogens is 3. The summed E-state index contributed by atoms with van der Waals surface area (Å²) in [5, 5.41) is 11.0. The van der Waals surface area contributed by atoms with Crippen molar-refractivity contribution in [1.82, 2.24) is 36.1 Å². The number of ether oxygens (including phenoxy) is 2. The molecular weight excluding hydrogens is 763 g/mol. The van der Waals surface area contributed by atoms with Gasteiger partial charge in [-0.3, -0.25) is 33.8 Å². The standard InChI is InChI=1S/C40H52F3N7O8/c1-5-9-28(32(51)37(55)46-24-12-13-24)47-35(53)30-20-27(57-25-14-16-26(17-15-25)58-40(41,42)43)22-50(30)38(56)33(39(2,3)4)49-36(54)31(23-10-7-6-8-11-23)48-34(52)29-21-44-18-19-45-29/h14-19,21,23-24,27-28,30-31,33H,5-13,20,22H2,1-4H3,(H,46,55)(H,47,53)(H,48,52)(H,49,54)/t27-,28+,30+,31+,33-/m1/s1. The molecule has 3 aliphatic rings. The molecule has 0 bridgehead atoms. The Bertz CT molecular complexity index is 1780. The Morgan fingerprint density at radius 3 is 2.16 bits per heavy atom. The topological polar surface area (TPSA) is 198 Å². The maximum Gasteiger partial charge on any atom is 0.573 e. The van der Waals surface area contributed by atoms with Gasteiger partial charge < -0.3 is 35.6 Å². The van der Waals surface area contributed by atoms with Crippen LogP contribution in [0.25, 0.3) is 0 Å². The second kappa shape index (κ2) is 19.0. The first-order valence-electron chi connectivity index (χ1n) is 19.8. The van der Waals surface area contributed by atoms with Crippen LogP contribution in [-0.4, -0.2) is 99.4 Å². The summed E-state index contributed by atoms with van der Waals surface area (Å²) < 4.78 is 48.3. The third-order valence-electron chi connectivity index (χ3n) is 10.4. The molecule has 5 amide bonds. The van der Waals surface area contributed by atoms with Crippen molar-refractivity contribution in [2.24, 2.45) is 11.3 Å². The van der Waals surface area contributed by atoms with Crippen molar-refractivity contribution in [3.63, 3.8) is 0 Å². The van der Waals surface area contributed by atoms with Crippen LogP contribution in [0.5, 0.6) is 11.5 Å². The number of amides is 5. The molecule has 4 N–H and O–H groups in total. The van der Waals surface area contributed by atoms with Gasteiger partial charge in [-0.1, -0.05) is 53.4 Å². The van der Waals surface area contributed by atoms with Crippen molar-refractivity contribution >= 4 is 35.3 Å². The Morgan fingerprint density at radius 1 is 0.897 bits per heavy atom. The van der Waals surface area contributed by atoms with E-state index in [-0.39, 0.29) is 42.8 Å². The third kappa shape index (κ3) is 12.1. The first kappa shape index (κ1) is 43.8. The van der Waals surface area contributed by atoms with Gasteiger partial charge in [0.25, 0.3) is 11.8 Å². The Labute approximate surface area is 335 Å². The van der Waals surface area contributed by atoms with Gasteiger partial charge in [0.15, 0.2) is 0 Å². The highest BCUT2D eigenvalue weighted by molar-refractivity contribution is 6.38. The molecule has 58 heavy (non-hydrogen) atoms. The van der Waals surface area contributed by atoms with Gasteiger partial charge in [0, 0.05) is 24.9 Å². The molecule has 2 aromatic rings. The van der Waals surface area contributed by atoms with E-state index in [2.05, 4.69) is 36.0 Å². The molecule has 15 nitrogen and oxygen atoms in total. The van der Waals surface area contributed by atoms with Gasteiger partial charge >= 0.3 is 6.36 Å². The van der Waals surface area contributed by atoms with E-state index in [1.807, 2.05) is 0 Å². The van der Waals surface area contributed by atoms with Gasteiger partial charge in [0.05, 0.1) is 18.8 Å². The molecule has 316 valence electrons. The number of likely N-dealkylation sites (tertiary alicyclic amines) is 1. The predicted molar refractivity (Wildman–Crippen MR) is 202 cm³/mol. The fraction of sp³-hybridized carbons (Fsp3) is 0.600. The van der Waals surface area contributed by atoms with Gasteiger partial charge in [-0.15, -0.1) is 13.2 Å². The van der Waals surface area contributed by atoms with Gasteiger partial charge in [-0.2, -0.15) is 0 Å². The summed E-state index contributed by atoms with van der Waals surface area (Å²) in [7, 11) is 0. The summed E-state index contributed by atoms with van der Waals surface area (Å²) in [5.74, 6) is -4.76. The van der Waals surface area contributed by atoms with Crippen molar-refractivity contribution in [1.29, 1.82) is 0 Å².